The number of amides is 1. The first-order valence-electron chi connectivity index (χ1n) is 12.2. The average molecular weight is 477 g/mol. The molecule has 3 N–H and O–H groups in total. The van der Waals surface area contributed by atoms with Gasteiger partial charge in [-0.2, -0.15) is 0 Å². The summed E-state index contributed by atoms with van der Waals surface area (Å²) in [5, 5.41) is 2.88. The lowest BCUT2D eigenvalue weighted by Gasteiger charge is -2.25. The summed E-state index contributed by atoms with van der Waals surface area (Å²) in [6.07, 6.45) is 6.09. The van der Waals surface area contributed by atoms with Crippen LogP contribution in [-0.2, 0) is 27.8 Å². The van der Waals surface area contributed by atoms with Gasteiger partial charge < -0.3 is 11.1 Å². The highest BCUT2D eigenvalue weighted by atomic mass is 19.1. The van der Waals surface area contributed by atoms with Gasteiger partial charge in [-0.1, -0.05) is 36.3 Å². The van der Waals surface area contributed by atoms with E-state index in [0.29, 0.717) is 42.3 Å². The van der Waals surface area contributed by atoms with E-state index in [4.69, 9.17) is 5.73 Å². The van der Waals surface area contributed by atoms with E-state index in [2.05, 4.69) is 15.3 Å². The summed E-state index contributed by atoms with van der Waals surface area (Å²) in [6.45, 7) is 7.01. The molecule has 0 radical (unpaired) electrons. The Balaban J connectivity index is 1.63. The first-order valence-corrected chi connectivity index (χ1v) is 12.2. The molecule has 7 heteroatoms. The number of nitrogens with zero attached hydrogens (tertiary/aromatic N) is 2. The smallest absolute Gasteiger partial charge is 0.240 e. The van der Waals surface area contributed by atoms with Crippen molar-refractivity contribution in [1.82, 2.24) is 9.97 Å². The van der Waals surface area contributed by atoms with E-state index in [1.165, 1.54) is 13.0 Å². The van der Waals surface area contributed by atoms with Gasteiger partial charge in [0.05, 0.1) is 11.4 Å². The van der Waals surface area contributed by atoms with E-state index < -0.39 is 5.41 Å². The van der Waals surface area contributed by atoms with E-state index in [9.17, 15) is 14.0 Å². The molecule has 6 nitrogen and oxygen atoms in total. The van der Waals surface area contributed by atoms with Gasteiger partial charge in [0.1, 0.15) is 28.7 Å². The highest BCUT2D eigenvalue weighted by Gasteiger charge is 2.47. The molecule has 1 amide bonds. The summed E-state index contributed by atoms with van der Waals surface area (Å²) in [4.78, 5) is 34.7. The number of aryl methyl sites for hydroxylation is 1. The number of allylic oxidation sites excluding steroid dienone is 4. The predicted octanol–water partition coefficient (Wildman–Crippen LogP) is 5.37. The van der Waals surface area contributed by atoms with Crippen molar-refractivity contribution in [1.29, 1.82) is 0 Å². The fourth-order valence-electron chi connectivity index (χ4n) is 4.83. The third-order valence-corrected chi connectivity index (χ3v) is 7.26. The number of Topliss-reactive ketones (excluding diaryl/α,β-unsaturated/α-hetero) is 1. The van der Waals surface area contributed by atoms with Crippen molar-refractivity contribution in [3.63, 3.8) is 0 Å². The fraction of sp³-hybridized carbons (Fsp3) is 0.429. The normalized spacial score (nSPS) is 19.7. The highest BCUT2D eigenvalue weighted by molar-refractivity contribution is 6.08. The summed E-state index contributed by atoms with van der Waals surface area (Å²) >= 11 is 0. The number of nitrogens with one attached hydrogen (secondary N) is 1. The minimum absolute atomic E-state index is 0.227. The number of ketones is 1. The molecule has 1 aliphatic carbocycles. The minimum Gasteiger partial charge on any atom is -0.383 e. The van der Waals surface area contributed by atoms with Crippen molar-refractivity contribution in [2.24, 2.45) is 5.92 Å². The van der Waals surface area contributed by atoms with Gasteiger partial charge in [-0.3, -0.25) is 9.59 Å². The molecule has 0 bridgehead atoms. The molecule has 1 saturated carbocycles. The number of halogens is 1. The lowest BCUT2D eigenvalue weighted by molar-refractivity contribution is -0.125. The maximum absolute atomic E-state index is 13.5. The van der Waals surface area contributed by atoms with Gasteiger partial charge >= 0.3 is 0 Å². The average Bonchev–Trinajstić information content (AvgIpc) is 3.01. The molecule has 1 unspecified atom stereocenters. The largest absolute Gasteiger partial charge is 0.383 e. The third kappa shape index (κ3) is 4.90. The zero-order chi connectivity index (χ0) is 25.3. The monoisotopic (exact) mass is 476 g/mol. The topological polar surface area (TPSA) is 98.0 Å². The van der Waals surface area contributed by atoms with Crippen LogP contribution in [0.25, 0.3) is 0 Å². The molecule has 1 aromatic heterocycles. The molecule has 1 fully saturated rings. The summed E-state index contributed by atoms with van der Waals surface area (Å²) < 4.78 is 13.5. The number of carbonyl (C=O) groups excluding carboxylic acids is 2. The standard InChI is InChI=1S/C28H33FN4O2/c1-16(2)20(13-17(3)29)15-23-31-25(30)24-26(32-23)33-27(35)28(24,4)21-10-5-7-18(14-21)11-12-22(34)19-8-6-9-19/h5,7,10,13-14,19H,6,8-9,11-12,15H2,1-4H3,(H3,30,31,32,33,35)/b17-13+. The Morgan fingerprint density at radius 3 is 2.63 bits per heavy atom. The SMILES string of the molecule is CC(C)=C(/C=C(\C)F)Cc1nc(N)c2c(n1)NC(=O)C2(C)c1cccc(CCC(=O)C2CCC2)c1. The van der Waals surface area contributed by atoms with Crippen LogP contribution in [-0.4, -0.2) is 21.7 Å². The predicted molar refractivity (Wildman–Crippen MR) is 136 cm³/mol. The van der Waals surface area contributed by atoms with Gasteiger partial charge in [-0.25, -0.2) is 14.4 Å². The van der Waals surface area contributed by atoms with Crippen LogP contribution < -0.4 is 11.1 Å². The van der Waals surface area contributed by atoms with E-state index in [1.807, 2.05) is 45.0 Å². The van der Waals surface area contributed by atoms with E-state index in [0.717, 1.165) is 41.5 Å². The molecule has 184 valence electrons. The Hall–Kier alpha value is -3.35. The quantitative estimate of drug-likeness (QED) is 0.499. The fourth-order valence-corrected chi connectivity index (χ4v) is 4.83. The molecule has 1 atom stereocenters. The number of hydrogen-bond donors (Lipinski definition) is 2. The number of nitrogens with two attached hydrogens (primary N) is 1. The molecular formula is C28H33FN4O2. The zero-order valence-electron chi connectivity index (χ0n) is 20.9. The minimum atomic E-state index is -1.05. The first kappa shape index (κ1) is 24.8. The first-order chi connectivity index (χ1) is 16.6. The van der Waals surface area contributed by atoms with Crippen LogP contribution >= 0.6 is 0 Å². The summed E-state index contributed by atoms with van der Waals surface area (Å²) in [5.41, 5.74) is 9.40. The lowest BCUT2D eigenvalue weighted by Crippen LogP contribution is -2.33. The number of aromatic nitrogens is 2. The molecule has 4 rings (SSSR count). The summed E-state index contributed by atoms with van der Waals surface area (Å²) in [7, 11) is 0. The summed E-state index contributed by atoms with van der Waals surface area (Å²) in [5.74, 6) is 1.06. The maximum atomic E-state index is 13.5. The van der Waals surface area contributed by atoms with Crippen molar-refractivity contribution < 1.29 is 14.0 Å². The number of rotatable bonds is 8. The van der Waals surface area contributed by atoms with Gasteiger partial charge in [0, 0.05) is 18.8 Å². The molecule has 1 aromatic carbocycles. The van der Waals surface area contributed by atoms with Crippen molar-refractivity contribution in [2.45, 2.75) is 71.6 Å². The second-order valence-corrected chi connectivity index (χ2v) is 10.1. The maximum Gasteiger partial charge on any atom is 0.240 e. The van der Waals surface area contributed by atoms with Gasteiger partial charge in [0.15, 0.2) is 0 Å². The van der Waals surface area contributed by atoms with Gasteiger partial charge in [0.25, 0.3) is 0 Å². The lowest BCUT2D eigenvalue weighted by atomic mass is 9.76. The highest BCUT2D eigenvalue weighted by Crippen LogP contribution is 2.44. The van der Waals surface area contributed by atoms with Crippen molar-refractivity contribution in [3.8, 4) is 0 Å². The molecule has 2 heterocycles. The van der Waals surface area contributed by atoms with Crippen molar-refractivity contribution >= 4 is 23.3 Å². The van der Waals surface area contributed by atoms with Crippen molar-refractivity contribution in [3.05, 3.63) is 69.8 Å². The molecule has 0 saturated heterocycles. The zero-order valence-corrected chi connectivity index (χ0v) is 20.9. The number of hydrogen-bond acceptors (Lipinski definition) is 5. The van der Waals surface area contributed by atoms with Crippen LogP contribution in [0.15, 0.2) is 47.3 Å². The van der Waals surface area contributed by atoms with E-state index in [1.54, 1.807) is 0 Å². The third-order valence-electron chi connectivity index (χ3n) is 7.26. The molecule has 0 spiro atoms. The number of anilines is 2. The Labute approximate surface area is 205 Å². The van der Waals surface area contributed by atoms with Crippen LogP contribution in [0.2, 0.25) is 0 Å². The van der Waals surface area contributed by atoms with E-state index >= 15 is 0 Å². The molecule has 2 aromatic rings. The number of fused-ring (bicyclic) bond motifs is 1. The van der Waals surface area contributed by atoms with Crippen molar-refractivity contribution in [2.75, 3.05) is 11.1 Å². The Kier molecular flexibility index (Phi) is 6.88. The second-order valence-electron chi connectivity index (χ2n) is 10.1. The second kappa shape index (κ2) is 9.72. The van der Waals surface area contributed by atoms with Gasteiger partial charge in [0.2, 0.25) is 5.91 Å². The molecule has 2 aliphatic rings. The Bertz CT molecular complexity index is 1240. The number of carbonyl (C=O) groups is 2. The number of benzene rings is 1. The molecule has 35 heavy (non-hydrogen) atoms. The van der Waals surface area contributed by atoms with Gasteiger partial charge in [-0.15, -0.1) is 0 Å². The Morgan fingerprint density at radius 2 is 2.00 bits per heavy atom. The van der Waals surface area contributed by atoms with Crippen LogP contribution in [0.4, 0.5) is 16.0 Å². The van der Waals surface area contributed by atoms with Crippen LogP contribution in [0, 0.1) is 5.92 Å². The van der Waals surface area contributed by atoms with E-state index in [-0.39, 0.29) is 23.5 Å². The van der Waals surface area contributed by atoms with Crippen LogP contribution in [0.3, 0.4) is 0 Å². The van der Waals surface area contributed by atoms with Crippen LogP contribution in [0.5, 0.6) is 0 Å². The van der Waals surface area contributed by atoms with Crippen LogP contribution in [0.1, 0.15) is 75.9 Å². The summed E-state index contributed by atoms with van der Waals surface area (Å²) in [6, 6.07) is 7.77. The Morgan fingerprint density at radius 1 is 1.26 bits per heavy atom. The molecular weight excluding hydrogens is 443 g/mol. The molecule has 1 aliphatic heterocycles. The number of nitrogen functional groups attached to an aromatic ring is 1. The van der Waals surface area contributed by atoms with Gasteiger partial charge in [-0.05, 0) is 69.7 Å².